The third-order valence-corrected chi connectivity index (χ3v) is 2.97. The predicted octanol–water partition coefficient (Wildman–Crippen LogP) is 1.62. The van der Waals surface area contributed by atoms with Crippen LogP contribution in [0.2, 0.25) is 0 Å². The van der Waals surface area contributed by atoms with E-state index >= 15 is 0 Å². The zero-order chi connectivity index (χ0) is 6.43. The number of rotatable bonds is 0. The van der Waals surface area contributed by atoms with E-state index in [-0.39, 0.29) is 0 Å². The second-order valence-corrected chi connectivity index (χ2v) is 3.58. The SMILES string of the molecule is CC1C[C@H]2C[C@@H]1CC2=O. The Bertz CT molecular complexity index is 149. The number of ketones is 1. The highest BCUT2D eigenvalue weighted by Gasteiger charge is 2.42. The van der Waals surface area contributed by atoms with E-state index in [1.54, 1.807) is 0 Å². The topological polar surface area (TPSA) is 17.1 Å². The van der Waals surface area contributed by atoms with Crippen molar-refractivity contribution < 1.29 is 4.79 Å². The second-order valence-electron chi connectivity index (χ2n) is 3.58. The molecule has 0 spiro atoms. The number of carbonyl (C=O) groups is 1. The van der Waals surface area contributed by atoms with E-state index in [0.717, 1.165) is 18.3 Å². The van der Waals surface area contributed by atoms with Crippen LogP contribution in [-0.4, -0.2) is 5.78 Å². The predicted molar refractivity (Wildman–Crippen MR) is 35.0 cm³/mol. The van der Waals surface area contributed by atoms with Crippen molar-refractivity contribution in [1.29, 1.82) is 0 Å². The Hall–Kier alpha value is -0.330. The maximum absolute atomic E-state index is 11.0. The van der Waals surface area contributed by atoms with E-state index < -0.39 is 0 Å². The van der Waals surface area contributed by atoms with Crippen LogP contribution in [0.4, 0.5) is 0 Å². The fourth-order valence-electron chi connectivity index (χ4n) is 2.31. The molecule has 2 aliphatic rings. The lowest BCUT2D eigenvalue weighted by molar-refractivity contribution is -0.122. The average molecular weight is 124 g/mol. The van der Waals surface area contributed by atoms with Gasteiger partial charge in [-0.2, -0.15) is 0 Å². The maximum atomic E-state index is 11.0. The molecule has 0 amide bonds. The zero-order valence-electron chi connectivity index (χ0n) is 5.76. The molecule has 1 unspecified atom stereocenters. The molecular formula is C8H12O. The van der Waals surface area contributed by atoms with E-state index in [2.05, 4.69) is 6.92 Å². The number of Topliss-reactive ketones (excluding diaryl/α,β-unsaturated/α-hetero) is 1. The van der Waals surface area contributed by atoms with Crippen LogP contribution in [-0.2, 0) is 4.79 Å². The van der Waals surface area contributed by atoms with E-state index in [1.165, 1.54) is 12.8 Å². The van der Waals surface area contributed by atoms with Gasteiger partial charge in [0, 0.05) is 12.3 Å². The van der Waals surface area contributed by atoms with Crippen LogP contribution in [0.3, 0.4) is 0 Å². The average Bonchev–Trinajstić information content (AvgIpc) is 2.24. The van der Waals surface area contributed by atoms with Gasteiger partial charge >= 0.3 is 0 Å². The second kappa shape index (κ2) is 1.59. The summed E-state index contributed by atoms with van der Waals surface area (Å²) in [5.74, 6) is 2.62. The van der Waals surface area contributed by atoms with E-state index in [1.807, 2.05) is 0 Å². The molecular weight excluding hydrogens is 112 g/mol. The van der Waals surface area contributed by atoms with E-state index in [9.17, 15) is 4.79 Å². The van der Waals surface area contributed by atoms with Gasteiger partial charge in [0.2, 0.25) is 0 Å². The van der Waals surface area contributed by atoms with Gasteiger partial charge in [-0.25, -0.2) is 0 Å². The molecule has 0 aromatic carbocycles. The molecule has 2 saturated carbocycles. The van der Waals surface area contributed by atoms with Gasteiger partial charge in [-0.05, 0) is 24.7 Å². The van der Waals surface area contributed by atoms with Gasteiger partial charge in [0.15, 0.2) is 0 Å². The van der Waals surface area contributed by atoms with E-state index in [0.29, 0.717) is 11.7 Å². The van der Waals surface area contributed by atoms with Crippen molar-refractivity contribution in [3.05, 3.63) is 0 Å². The Morgan fingerprint density at radius 3 is 2.56 bits per heavy atom. The first-order valence-electron chi connectivity index (χ1n) is 3.80. The Balaban J connectivity index is 2.19. The number of fused-ring (bicyclic) bond motifs is 2. The van der Waals surface area contributed by atoms with Crippen LogP contribution in [0, 0.1) is 17.8 Å². The van der Waals surface area contributed by atoms with Gasteiger partial charge in [-0.3, -0.25) is 4.79 Å². The van der Waals surface area contributed by atoms with Gasteiger partial charge in [0.1, 0.15) is 5.78 Å². The summed E-state index contributed by atoms with van der Waals surface area (Å²) in [6.45, 7) is 2.27. The molecule has 2 bridgehead atoms. The van der Waals surface area contributed by atoms with Crippen molar-refractivity contribution in [1.82, 2.24) is 0 Å². The normalized spacial score (nSPS) is 48.6. The molecule has 2 aliphatic carbocycles. The van der Waals surface area contributed by atoms with Gasteiger partial charge in [-0.15, -0.1) is 0 Å². The Morgan fingerprint density at radius 1 is 1.44 bits per heavy atom. The quantitative estimate of drug-likeness (QED) is 0.479. The molecule has 2 rings (SSSR count). The highest BCUT2D eigenvalue weighted by Crippen LogP contribution is 2.45. The summed E-state index contributed by atoms with van der Waals surface area (Å²) in [7, 11) is 0. The monoisotopic (exact) mass is 124 g/mol. The number of hydrogen-bond donors (Lipinski definition) is 0. The molecule has 3 atom stereocenters. The minimum Gasteiger partial charge on any atom is -0.299 e. The first kappa shape index (κ1) is 5.45. The van der Waals surface area contributed by atoms with Crippen molar-refractivity contribution >= 4 is 5.78 Å². The van der Waals surface area contributed by atoms with E-state index in [4.69, 9.17) is 0 Å². The third kappa shape index (κ3) is 0.637. The minimum atomic E-state index is 0.477. The first-order valence-corrected chi connectivity index (χ1v) is 3.80. The van der Waals surface area contributed by atoms with Crippen LogP contribution in [0.5, 0.6) is 0 Å². The van der Waals surface area contributed by atoms with Crippen LogP contribution in [0.15, 0.2) is 0 Å². The lowest BCUT2D eigenvalue weighted by Crippen LogP contribution is -2.14. The lowest BCUT2D eigenvalue weighted by atomic mass is 9.90. The highest BCUT2D eigenvalue weighted by atomic mass is 16.1. The van der Waals surface area contributed by atoms with Crippen LogP contribution < -0.4 is 0 Å². The van der Waals surface area contributed by atoms with Crippen LogP contribution >= 0.6 is 0 Å². The summed E-state index contributed by atoms with van der Waals surface area (Å²) in [4.78, 5) is 11.0. The molecule has 0 N–H and O–H groups in total. The highest BCUT2D eigenvalue weighted by molar-refractivity contribution is 5.84. The molecule has 50 valence electrons. The molecule has 9 heavy (non-hydrogen) atoms. The third-order valence-electron chi connectivity index (χ3n) is 2.97. The van der Waals surface area contributed by atoms with Crippen molar-refractivity contribution in [3.63, 3.8) is 0 Å². The van der Waals surface area contributed by atoms with Crippen molar-refractivity contribution in [2.75, 3.05) is 0 Å². The van der Waals surface area contributed by atoms with Crippen molar-refractivity contribution in [2.45, 2.75) is 26.2 Å². The summed E-state index contributed by atoms with van der Waals surface area (Å²) in [6.07, 6.45) is 3.29. The van der Waals surface area contributed by atoms with Crippen LogP contribution in [0.25, 0.3) is 0 Å². The molecule has 0 aromatic rings. The summed E-state index contributed by atoms with van der Waals surface area (Å²) < 4.78 is 0. The molecule has 1 heteroatoms. The molecule has 0 aliphatic heterocycles. The summed E-state index contributed by atoms with van der Waals surface area (Å²) in [5, 5.41) is 0. The first-order chi connectivity index (χ1) is 4.27. The largest absolute Gasteiger partial charge is 0.299 e. The van der Waals surface area contributed by atoms with Crippen LogP contribution in [0.1, 0.15) is 26.2 Å². The smallest absolute Gasteiger partial charge is 0.136 e. The standard InChI is InChI=1S/C8H12O/c1-5-2-7-3-6(5)4-8(7)9/h5-7H,2-4H2,1H3/t5?,6-,7+/m1/s1. The maximum Gasteiger partial charge on any atom is 0.136 e. The Kier molecular flexibility index (Phi) is 0.961. The molecule has 0 radical (unpaired) electrons. The molecule has 0 aromatic heterocycles. The molecule has 0 saturated heterocycles. The molecule has 2 fully saturated rings. The number of carbonyl (C=O) groups excluding carboxylic acids is 1. The Morgan fingerprint density at radius 2 is 2.22 bits per heavy atom. The van der Waals surface area contributed by atoms with Gasteiger partial charge in [-0.1, -0.05) is 6.92 Å². The van der Waals surface area contributed by atoms with Crippen molar-refractivity contribution in [2.24, 2.45) is 17.8 Å². The van der Waals surface area contributed by atoms with Gasteiger partial charge in [0.05, 0.1) is 0 Å². The summed E-state index contributed by atoms with van der Waals surface area (Å²) in [5.41, 5.74) is 0. The fourth-order valence-corrected chi connectivity index (χ4v) is 2.31. The summed E-state index contributed by atoms with van der Waals surface area (Å²) in [6, 6.07) is 0. The molecule has 1 nitrogen and oxygen atoms in total. The number of hydrogen-bond acceptors (Lipinski definition) is 1. The van der Waals surface area contributed by atoms with Crippen molar-refractivity contribution in [3.8, 4) is 0 Å². The van der Waals surface area contributed by atoms with Gasteiger partial charge < -0.3 is 0 Å². The Labute approximate surface area is 55.4 Å². The minimum absolute atomic E-state index is 0.477. The fraction of sp³-hybridized carbons (Fsp3) is 0.875. The molecule has 0 heterocycles. The van der Waals surface area contributed by atoms with Gasteiger partial charge in [0.25, 0.3) is 0 Å². The summed E-state index contributed by atoms with van der Waals surface area (Å²) >= 11 is 0. The lowest BCUT2D eigenvalue weighted by Gasteiger charge is -2.14. The zero-order valence-corrected chi connectivity index (χ0v) is 5.76.